The Balaban J connectivity index is 0.000000653. The molecule has 4 aliphatic carbocycles. The third-order valence-corrected chi connectivity index (χ3v) is 4.31. The molecule has 4 fully saturated rings. The molecule has 4 saturated carbocycles. The fraction of sp³-hybridized carbons (Fsp3) is 1.00. The minimum absolute atomic E-state index is 0. The van der Waals surface area contributed by atoms with E-state index in [9.17, 15) is 5.11 Å². The molecule has 0 aromatic carbocycles. The summed E-state index contributed by atoms with van der Waals surface area (Å²) in [5.74, 6) is 2.08. The van der Waals surface area contributed by atoms with Crippen LogP contribution in [0.2, 0.25) is 0 Å². The van der Waals surface area contributed by atoms with Crippen LogP contribution in [0.1, 0.15) is 32.1 Å². The van der Waals surface area contributed by atoms with Gasteiger partial charge in [-0.15, -0.1) is 12.4 Å². The molecule has 3 N–H and O–H groups in total. The van der Waals surface area contributed by atoms with Gasteiger partial charge in [0.25, 0.3) is 0 Å². The summed E-state index contributed by atoms with van der Waals surface area (Å²) in [7, 11) is 0. The summed E-state index contributed by atoms with van der Waals surface area (Å²) in [4.78, 5) is 0. The highest BCUT2D eigenvalue weighted by atomic mass is 35.5. The molecule has 0 heterocycles. The first-order valence-electron chi connectivity index (χ1n) is 5.14. The highest BCUT2D eigenvalue weighted by molar-refractivity contribution is 5.85. The molecule has 3 heteroatoms. The summed E-state index contributed by atoms with van der Waals surface area (Å²) in [5.41, 5.74) is 5.82. The van der Waals surface area contributed by atoms with Gasteiger partial charge in [0.1, 0.15) is 0 Å². The van der Waals surface area contributed by atoms with Crippen molar-refractivity contribution < 1.29 is 5.11 Å². The van der Waals surface area contributed by atoms with Crippen molar-refractivity contribution in [2.75, 3.05) is 0 Å². The minimum atomic E-state index is -0.299. The Bertz CT molecular complexity index is 205. The second kappa shape index (κ2) is 2.85. The Morgan fingerprint density at radius 2 is 1.62 bits per heavy atom. The van der Waals surface area contributed by atoms with Crippen LogP contribution >= 0.6 is 12.4 Å². The highest BCUT2D eigenvalue weighted by Gasteiger charge is 2.53. The van der Waals surface area contributed by atoms with Crippen LogP contribution < -0.4 is 5.73 Å². The van der Waals surface area contributed by atoms with Gasteiger partial charge >= 0.3 is 0 Å². The van der Waals surface area contributed by atoms with Crippen LogP contribution in [-0.4, -0.2) is 16.7 Å². The average molecular weight is 204 g/mol. The van der Waals surface area contributed by atoms with E-state index in [1.165, 1.54) is 12.8 Å². The van der Waals surface area contributed by atoms with Gasteiger partial charge in [-0.05, 0) is 49.9 Å². The van der Waals surface area contributed by atoms with E-state index in [1.54, 1.807) is 0 Å². The van der Waals surface area contributed by atoms with Crippen molar-refractivity contribution in [1.29, 1.82) is 0 Å². The zero-order valence-electron chi connectivity index (χ0n) is 7.78. The van der Waals surface area contributed by atoms with Gasteiger partial charge in [0.05, 0.1) is 5.60 Å². The van der Waals surface area contributed by atoms with E-state index in [4.69, 9.17) is 5.73 Å². The highest BCUT2D eigenvalue weighted by Crippen LogP contribution is 2.54. The summed E-state index contributed by atoms with van der Waals surface area (Å²) in [6.07, 6.45) is 5.62. The molecule has 0 aromatic rings. The molecule has 0 aromatic heterocycles. The number of halogens is 1. The second-order valence-corrected chi connectivity index (χ2v) is 5.27. The van der Waals surface area contributed by atoms with Crippen molar-refractivity contribution in [3.05, 3.63) is 0 Å². The van der Waals surface area contributed by atoms with Crippen LogP contribution in [0.15, 0.2) is 0 Å². The molecule has 4 bridgehead atoms. The molecular weight excluding hydrogens is 186 g/mol. The quantitative estimate of drug-likeness (QED) is 0.624. The fourth-order valence-electron chi connectivity index (χ4n) is 4.02. The Hall–Kier alpha value is 0.210. The van der Waals surface area contributed by atoms with Crippen LogP contribution in [0.5, 0.6) is 0 Å². The summed E-state index contributed by atoms with van der Waals surface area (Å²) in [6.45, 7) is 0. The molecule has 0 radical (unpaired) electrons. The molecule has 13 heavy (non-hydrogen) atoms. The van der Waals surface area contributed by atoms with Crippen molar-refractivity contribution in [2.45, 2.75) is 43.7 Å². The number of nitrogens with two attached hydrogens (primary N) is 1. The van der Waals surface area contributed by atoms with E-state index in [1.807, 2.05) is 0 Å². The van der Waals surface area contributed by atoms with Gasteiger partial charge in [0.15, 0.2) is 0 Å². The molecular formula is C10H18ClNO. The molecule has 4 rings (SSSR count). The van der Waals surface area contributed by atoms with Gasteiger partial charge < -0.3 is 10.8 Å². The summed E-state index contributed by atoms with van der Waals surface area (Å²) in [6, 6.07) is 0.404. The molecule has 0 aliphatic heterocycles. The second-order valence-electron chi connectivity index (χ2n) is 5.27. The lowest BCUT2D eigenvalue weighted by molar-refractivity contribution is -0.132. The zero-order chi connectivity index (χ0) is 8.34. The predicted molar refractivity (Wildman–Crippen MR) is 53.7 cm³/mol. The molecule has 4 unspecified atom stereocenters. The normalized spacial score (nSPS) is 57.7. The van der Waals surface area contributed by atoms with Crippen molar-refractivity contribution in [1.82, 2.24) is 0 Å². The van der Waals surface area contributed by atoms with E-state index >= 15 is 0 Å². The molecule has 0 amide bonds. The fourth-order valence-corrected chi connectivity index (χ4v) is 4.02. The lowest BCUT2D eigenvalue weighted by Crippen LogP contribution is -2.59. The van der Waals surface area contributed by atoms with Gasteiger partial charge in [0, 0.05) is 6.04 Å². The van der Waals surface area contributed by atoms with E-state index < -0.39 is 0 Å². The Labute approximate surface area is 85.3 Å². The maximum atomic E-state index is 10.2. The lowest BCUT2D eigenvalue weighted by atomic mass is 9.52. The van der Waals surface area contributed by atoms with Gasteiger partial charge in [-0.3, -0.25) is 0 Å². The zero-order valence-corrected chi connectivity index (χ0v) is 8.59. The van der Waals surface area contributed by atoms with E-state index in [-0.39, 0.29) is 18.0 Å². The maximum absolute atomic E-state index is 10.2. The molecule has 76 valence electrons. The minimum Gasteiger partial charge on any atom is -0.390 e. The van der Waals surface area contributed by atoms with E-state index in [0.717, 1.165) is 25.2 Å². The van der Waals surface area contributed by atoms with Gasteiger partial charge in [-0.2, -0.15) is 0 Å². The first kappa shape index (κ1) is 9.75. The standard InChI is InChI=1S/C10H17NO.ClH/c11-9-7-1-6-2-8(9)5-10(12,3-6)4-7;/h6-9,12H,1-5,11H2;1H/t6?,7-,8?,9?,10?;/m1./s1. The molecule has 4 aliphatic rings. The first-order valence-corrected chi connectivity index (χ1v) is 5.14. The molecule has 2 nitrogen and oxygen atoms in total. The number of hydrogen-bond acceptors (Lipinski definition) is 2. The van der Waals surface area contributed by atoms with Gasteiger partial charge in [-0.25, -0.2) is 0 Å². The van der Waals surface area contributed by atoms with Crippen molar-refractivity contribution in [3.63, 3.8) is 0 Å². The van der Waals surface area contributed by atoms with Crippen LogP contribution in [0, 0.1) is 17.8 Å². The summed E-state index contributed by atoms with van der Waals surface area (Å²) in [5, 5.41) is 10.2. The van der Waals surface area contributed by atoms with E-state index in [0.29, 0.717) is 17.9 Å². The lowest BCUT2D eigenvalue weighted by Gasteiger charge is -2.57. The number of aliphatic hydroxyl groups is 1. The number of hydrogen-bond donors (Lipinski definition) is 2. The van der Waals surface area contributed by atoms with Gasteiger partial charge in [-0.1, -0.05) is 0 Å². The molecule has 0 spiro atoms. The van der Waals surface area contributed by atoms with Crippen LogP contribution in [0.4, 0.5) is 0 Å². The third kappa shape index (κ3) is 1.31. The van der Waals surface area contributed by atoms with Gasteiger partial charge in [0.2, 0.25) is 0 Å². The monoisotopic (exact) mass is 203 g/mol. The molecule has 5 atom stereocenters. The topological polar surface area (TPSA) is 46.2 Å². The van der Waals surface area contributed by atoms with E-state index in [2.05, 4.69) is 0 Å². The maximum Gasteiger partial charge on any atom is 0.0657 e. The SMILES string of the molecule is Cl.NC1C2CC3C[C@@H]1CC(O)(C3)C2. The van der Waals surface area contributed by atoms with Crippen molar-refractivity contribution in [3.8, 4) is 0 Å². The van der Waals surface area contributed by atoms with Crippen molar-refractivity contribution >= 4 is 12.4 Å². The van der Waals surface area contributed by atoms with Crippen LogP contribution in [0.25, 0.3) is 0 Å². The average Bonchev–Trinajstić information content (AvgIpc) is 1.96. The summed E-state index contributed by atoms with van der Waals surface area (Å²) >= 11 is 0. The number of rotatable bonds is 0. The Morgan fingerprint density at radius 1 is 1.08 bits per heavy atom. The smallest absolute Gasteiger partial charge is 0.0657 e. The third-order valence-electron chi connectivity index (χ3n) is 4.31. The van der Waals surface area contributed by atoms with Crippen molar-refractivity contribution in [2.24, 2.45) is 23.5 Å². The Morgan fingerprint density at radius 3 is 2.08 bits per heavy atom. The first-order chi connectivity index (χ1) is 5.66. The summed E-state index contributed by atoms with van der Waals surface area (Å²) < 4.78 is 0. The molecule has 0 saturated heterocycles. The Kier molecular flexibility index (Phi) is 2.14. The van der Waals surface area contributed by atoms with Crippen LogP contribution in [0.3, 0.4) is 0 Å². The van der Waals surface area contributed by atoms with Crippen LogP contribution in [-0.2, 0) is 0 Å². The predicted octanol–water partition coefficient (Wildman–Crippen LogP) is 1.31. The largest absolute Gasteiger partial charge is 0.390 e.